The van der Waals surface area contributed by atoms with Gasteiger partial charge in [-0.15, -0.1) is 0 Å². The Hall–Kier alpha value is -3.08. The predicted molar refractivity (Wildman–Crippen MR) is 119 cm³/mol. The van der Waals surface area contributed by atoms with Crippen molar-refractivity contribution in [2.45, 2.75) is 58.1 Å². The molecule has 1 amide bonds. The van der Waals surface area contributed by atoms with Crippen LogP contribution in [0.5, 0.6) is 5.75 Å². The van der Waals surface area contributed by atoms with Crippen LogP contribution in [-0.2, 0) is 6.54 Å². The molecule has 0 bridgehead atoms. The smallest absolute Gasteiger partial charge is 0.287 e. The minimum absolute atomic E-state index is 0.0848. The van der Waals surface area contributed by atoms with Crippen LogP contribution in [0.4, 0.5) is 0 Å². The second-order valence-corrected chi connectivity index (χ2v) is 9.10. The molecule has 1 N–H and O–H groups in total. The third-order valence-electron chi connectivity index (χ3n) is 6.83. The van der Waals surface area contributed by atoms with E-state index in [1.54, 1.807) is 0 Å². The molecule has 1 aliphatic carbocycles. The van der Waals surface area contributed by atoms with Gasteiger partial charge < -0.3 is 14.5 Å². The second kappa shape index (κ2) is 7.56. The molecule has 0 radical (unpaired) electrons. The zero-order valence-corrected chi connectivity index (χ0v) is 18.0. The molecule has 1 aliphatic heterocycles. The Labute approximate surface area is 181 Å². The highest BCUT2D eigenvalue weighted by molar-refractivity contribution is 6.13. The Morgan fingerprint density at radius 1 is 1.13 bits per heavy atom. The van der Waals surface area contributed by atoms with Crippen molar-refractivity contribution in [3.8, 4) is 5.75 Å². The van der Waals surface area contributed by atoms with Crippen LogP contribution in [0.25, 0.3) is 11.0 Å². The van der Waals surface area contributed by atoms with Crippen molar-refractivity contribution in [1.82, 2.24) is 5.32 Å². The molecule has 3 aromatic rings. The van der Waals surface area contributed by atoms with Crippen LogP contribution in [0.3, 0.4) is 0 Å². The summed E-state index contributed by atoms with van der Waals surface area (Å²) in [6.07, 6.45) is 4.39. The SMILES string of the molecule is Cc1c(C(=O)NCc2ccccc2)oc2ccc3c(c12)C(=O)CC1(CCC(C)CC1)O3. The number of hydrogen-bond donors (Lipinski definition) is 1. The van der Waals surface area contributed by atoms with Crippen LogP contribution in [-0.4, -0.2) is 17.3 Å². The van der Waals surface area contributed by atoms with Gasteiger partial charge in [0.1, 0.15) is 16.9 Å². The van der Waals surface area contributed by atoms with Gasteiger partial charge in [0.15, 0.2) is 11.5 Å². The topological polar surface area (TPSA) is 68.5 Å². The zero-order chi connectivity index (χ0) is 21.6. The van der Waals surface area contributed by atoms with Crippen LogP contribution >= 0.6 is 0 Å². The van der Waals surface area contributed by atoms with Gasteiger partial charge in [0.25, 0.3) is 5.91 Å². The molecule has 0 saturated heterocycles. The summed E-state index contributed by atoms with van der Waals surface area (Å²) >= 11 is 0. The van der Waals surface area contributed by atoms with Gasteiger partial charge in [-0.3, -0.25) is 9.59 Å². The lowest BCUT2D eigenvalue weighted by Crippen LogP contribution is -2.44. The molecule has 1 spiro atoms. The number of rotatable bonds is 3. The quantitative estimate of drug-likeness (QED) is 0.604. The summed E-state index contributed by atoms with van der Waals surface area (Å²) in [5.74, 6) is 1.35. The number of ether oxygens (including phenoxy) is 1. The monoisotopic (exact) mass is 417 g/mol. The average molecular weight is 418 g/mol. The number of ketones is 1. The summed E-state index contributed by atoms with van der Waals surface area (Å²) in [6.45, 7) is 4.51. The fourth-order valence-electron chi connectivity index (χ4n) is 4.98. The number of carbonyl (C=O) groups is 2. The molecule has 31 heavy (non-hydrogen) atoms. The largest absolute Gasteiger partial charge is 0.486 e. The van der Waals surface area contributed by atoms with Crippen LogP contribution in [0, 0.1) is 12.8 Å². The molecule has 1 saturated carbocycles. The lowest BCUT2D eigenvalue weighted by atomic mass is 9.74. The first-order valence-electron chi connectivity index (χ1n) is 11.1. The minimum atomic E-state index is -0.377. The number of aryl methyl sites for hydroxylation is 1. The van der Waals surface area contributed by atoms with Gasteiger partial charge in [-0.25, -0.2) is 0 Å². The molecule has 1 fully saturated rings. The van der Waals surface area contributed by atoms with Crippen LogP contribution in [0.1, 0.15) is 71.1 Å². The highest BCUT2D eigenvalue weighted by Crippen LogP contribution is 2.46. The number of furan rings is 1. The molecule has 160 valence electrons. The van der Waals surface area contributed by atoms with E-state index in [2.05, 4.69) is 12.2 Å². The van der Waals surface area contributed by atoms with E-state index in [4.69, 9.17) is 9.15 Å². The van der Waals surface area contributed by atoms with Gasteiger partial charge in [-0.2, -0.15) is 0 Å². The third kappa shape index (κ3) is 3.52. The standard InChI is InChI=1S/C26H27NO4/c1-16-10-12-26(13-11-16)14-19(28)23-21(31-26)9-8-20-22(23)17(2)24(30-20)25(29)27-15-18-6-4-3-5-7-18/h3-9,16H,10-15H2,1-2H3,(H,27,29). The van der Waals surface area contributed by atoms with E-state index in [1.165, 1.54) is 0 Å². The summed E-state index contributed by atoms with van der Waals surface area (Å²) in [5, 5.41) is 3.61. The van der Waals surface area contributed by atoms with Crippen LogP contribution in [0.2, 0.25) is 0 Å². The Bertz CT molecular complexity index is 1150. The van der Waals surface area contributed by atoms with Gasteiger partial charge in [-0.1, -0.05) is 37.3 Å². The number of Topliss-reactive ketones (excluding diaryl/α,β-unsaturated/α-hetero) is 1. The maximum absolute atomic E-state index is 13.3. The summed E-state index contributed by atoms with van der Waals surface area (Å²) in [6, 6.07) is 13.4. The average Bonchev–Trinajstić information content (AvgIpc) is 3.11. The van der Waals surface area contributed by atoms with E-state index >= 15 is 0 Å². The first-order chi connectivity index (χ1) is 15.0. The molecule has 5 nitrogen and oxygen atoms in total. The summed E-state index contributed by atoms with van der Waals surface area (Å²) in [5.41, 5.74) is 2.43. The number of carbonyl (C=O) groups excluding carboxylic acids is 2. The minimum Gasteiger partial charge on any atom is -0.486 e. The fourth-order valence-corrected chi connectivity index (χ4v) is 4.98. The van der Waals surface area contributed by atoms with Gasteiger partial charge in [0.05, 0.1) is 12.0 Å². The first kappa shape index (κ1) is 19.9. The van der Waals surface area contributed by atoms with E-state index in [9.17, 15) is 9.59 Å². The van der Waals surface area contributed by atoms with Crippen molar-refractivity contribution >= 4 is 22.7 Å². The first-order valence-corrected chi connectivity index (χ1v) is 11.1. The second-order valence-electron chi connectivity index (χ2n) is 9.10. The highest BCUT2D eigenvalue weighted by Gasteiger charge is 2.43. The Balaban J connectivity index is 1.45. The number of nitrogens with one attached hydrogen (secondary N) is 1. The summed E-state index contributed by atoms with van der Waals surface area (Å²) in [4.78, 5) is 26.1. The van der Waals surface area contributed by atoms with Crippen molar-refractivity contribution in [2.24, 2.45) is 5.92 Å². The van der Waals surface area contributed by atoms with Crippen LogP contribution < -0.4 is 10.1 Å². The van der Waals surface area contributed by atoms with Gasteiger partial charge in [0.2, 0.25) is 0 Å². The van der Waals surface area contributed by atoms with Gasteiger partial charge >= 0.3 is 0 Å². The molecule has 5 heteroatoms. The Morgan fingerprint density at radius 2 is 1.87 bits per heavy atom. The maximum atomic E-state index is 13.3. The van der Waals surface area contributed by atoms with Crippen molar-refractivity contribution < 1.29 is 18.7 Å². The van der Waals surface area contributed by atoms with Crippen LogP contribution in [0.15, 0.2) is 46.9 Å². The number of hydrogen-bond acceptors (Lipinski definition) is 4. The molecular weight excluding hydrogens is 390 g/mol. The van der Waals surface area contributed by atoms with Crippen molar-refractivity contribution in [3.63, 3.8) is 0 Å². The van der Waals surface area contributed by atoms with E-state index in [0.717, 1.165) is 31.2 Å². The molecule has 0 atom stereocenters. The van der Waals surface area contributed by atoms with Crippen molar-refractivity contribution in [2.75, 3.05) is 0 Å². The summed E-state index contributed by atoms with van der Waals surface area (Å²) in [7, 11) is 0. The molecule has 1 aromatic heterocycles. The van der Waals surface area contributed by atoms with E-state index in [0.29, 0.717) is 46.7 Å². The van der Waals surface area contributed by atoms with E-state index in [1.807, 2.05) is 49.4 Å². The number of amides is 1. The molecular formula is C26H27NO4. The molecule has 2 aliphatic rings. The number of benzene rings is 2. The van der Waals surface area contributed by atoms with E-state index in [-0.39, 0.29) is 23.1 Å². The Morgan fingerprint density at radius 3 is 2.61 bits per heavy atom. The molecule has 2 heterocycles. The lowest BCUT2D eigenvalue weighted by molar-refractivity contribution is 0.00430. The molecule has 0 unspecified atom stereocenters. The maximum Gasteiger partial charge on any atom is 0.287 e. The van der Waals surface area contributed by atoms with Gasteiger partial charge in [0, 0.05) is 17.5 Å². The van der Waals surface area contributed by atoms with Gasteiger partial charge in [-0.05, 0) is 56.2 Å². The van der Waals surface area contributed by atoms with E-state index < -0.39 is 0 Å². The highest BCUT2D eigenvalue weighted by atomic mass is 16.5. The molecule has 5 rings (SSSR count). The Kier molecular flexibility index (Phi) is 4.84. The zero-order valence-electron chi connectivity index (χ0n) is 18.0. The van der Waals surface area contributed by atoms with Crippen molar-refractivity contribution in [1.29, 1.82) is 0 Å². The normalized spacial score (nSPS) is 22.9. The third-order valence-corrected chi connectivity index (χ3v) is 6.83. The lowest BCUT2D eigenvalue weighted by Gasteiger charge is -2.42. The predicted octanol–water partition coefficient (Wildman–Crippen LogP) is 5.59. The molecule has 2 aromatic carbocycles. The fraction of sp³-hybridized carbons (Fsp3) is 0.385. The summed E-state index contributed by atoms with van der Waals surface area (Å²) < 4.78 is 12.3. The number of fused-ring (bicyclic) bond motifs is 3. The van der Waals surface area contributed by atoms with Crippen molar-refractivity contribution in [3.05, 3.63) is 64.9 Å².